The highest BCUT2D eigenvalue weighted by molar-refractivity contribution is 5.78. The first kappa shape index (κ1) is 15.1. The number of oxime groups is 1. The maximum Gasteiger partial charge on any atom is 0.352 e. The highest BCUT2D eigenvalue weighted by Gasteiger charge is 2.09. The van der Waals surface area contributed by atoms with E-state index < -0.39 is 0 Å². The number of rotatable bonds is 7. The molecule has 7 nitrogen and oxygen atoms in total. The molecule has 0 aromatic carbocycles. The Kier molecular flexibility index (Phi) is 5.98. The summed E-state index contributed by atoms with van der Waals surface area (Å²) in [6.45, 7) is 10.5. The third-order valence-corrected chi connectivity index (χ3v) is 2.25. The molecule has 1 atom stereocenters. The summed E-state index contributed by atoms with van der Waals surface area (Å²) in [5.74, 6) is 0.960. The van der Waals surface area contributed by atoms with E-state index in [1.54, 1.807) is 0 Å². The molecule has 1 rings (SSSR count). The van der Waals surface area contributed by atoms with Crippen molar-refractivity contribution in [3.05, 3.63) is 0 Å². The molecule has 0 unspecified atom stereocenters. The van der Waals surface area contributed by atoms with E-state index in [4.69, 9.17) is 4.84 Å². The molecule has 106 valence electrons. The number of hydrogen-bond acceptors (Lipinski definition) is 7. The van der Waals surface area contributed by atoms with Crippen LogP contribution in [-0.4, -0.2) is 33.3 Å². The summed E-state index contributed by atoms with van der Waals surface area (Å²) >= 11 is 0. The van der Waals surface area contributed by atoms with E-state index in [2.05, 4.69) is 44.6 Å². The van der Waals surface area contributed by atoms with Gasteiger partial charge in [-0.2, -0.15) is 15.0 Å². The molecule has 0 fully saturated rings. The van der Waals surface area contributed by atoms with E-state index in [9.17, 15) is 0 Å². The predicted molar refractivity (Wildman–Crippen MR) is 76.8 cm³/mol. The zero-order chi connectivity index (χ0) is 14.3. The molecule has 0 aliphatic rings. The molecule has 0 saturated heterocycles. The molecular formula is C12H22N6O. The van der Waals surface area contributed by atoms with Gasteiger partial charge >= 0.3 is 6.01 Å². The SMILES string of the molecule is CCNc1nc(N[C@H](C)CC)nc(ON=C(C)C)n1. The molecule has 0 aliphatic heterocycles. The molecule has 1 heterocycles. The Balaban J connectivity index is 2.92. The van der Waals surface area contributed by atoms with Gasteiger partial charge in [-0.25, -0.2) is 0 Å². The molecule has 0 amide bonds. The van der Waals surface area contributed by atoms with Crippen molar-refractivity contribution in [1.82, 2.24) is 15.0 Å². The van der Waals surface area contributed by atoms with Crippen LogP contribution < -0.4 is 15.5 Å². The molecule has 7 heteroatoms. The zero-order valence-corrected chi connectivity index (χ0v) is 12.2. The van der Waals surface area contributed by atoms with Crippen LogP contribution in [0.4, 0.5) is 11.9 Å². The monoisotopic (exact) mass is 266 g/mol. The lowest BCUT2D eigenvalue weighted by Crippen LogP contribution is -2.17. The van der Waals surface area contributed by atoms with Gasteiger partial charge in [-0.15, -0.1) is 0 Å². The van der Waals surface area contributed by atoms with Gasteiger partial charge in [-0.1, -0.05) is 12.1 Å². The van der Waals surface area contributed by atoms with Crippen LogP contribution >= 0.6 is 0 Å². The molecule has 2 N–H and O–H groups in total. The molecule has 1 aromatic heterocycles. The Morgan fingerprint density at radius 2 is 1.89 bits per heavy atom. The van der Waals surface area contributed by atoms with Gasteiger partial charge in [0.05, 0.1) is 5.71 Å². The van der Waals surface area contributed by atoms with Crippen LogP contribution in [0, 0.1) is 0 Å². The second kappa shape index (κ2) is 7.50. The Morgan fingerprint density at radius 3 is 2.47 bits per heavy atom. The molecule has 19 heavy (non-hydrogen) atoms. The first-order valence-corrected chi connectivity index (χ1v) is 6.49. The van der Waals surface area contributed by atoms with Crippen LogP contribution in [0.1, 0.15) is 41.0 Å². The molecule has 0 aliphatic carbocycles. The Morgan fingerprint density at radius 1 is 1.21 bits per heavy atom. The van der Waals surface area contributed by atoms with Crippen molar-refractivity contribution >= 4 is 17.6 Å². The second-order valence-electron chi connectivity index (χ2n) is 4.38. The van der Waals surface area contributed by atoms with Crippen molar-refractivity contribution in [3.8, 4) is 6.01 Å². The van der Waals surface area contributed by atoms with Gasteiger partial charge in [0.15, 0.2) is 0 Å². The molecule has 0 bridgehead atoms. The van der Waals surface area contributed by atoms with Crippen LogP contribution in [0.3, 0.4) is 0 Å². The van der Waals surface area contributed by atoms with Crippen molar-refractivity contribution in [2.75, 3.05) is 17.2 Å². The zero-order valence-electron chi connectivity index (χ0n) is 12.2. The first-order chi connectivity index (χ1) is 9.05. The van der Waals surface area contributed by atoms with Gasteiger partial charge in [0.25, 0.3) is 0 Å². The van der Waals surface area contributed by atoms with E-state index in [0.29, 0.717) is 11.9 Å². The predicted octanol–water partition coefficient (Wildman–Crippen LogP) is 2.29. The van der Waals surface area contributed by atoms with Crippen LogP contribution in [0.2, 0.25) is 0 Å². The highest BCUT2D eigenvalue weighted by atomic mass is 16.6. The average molecular weight is 266 g/mol. The number of nitrogens with one attached hydrogen (secondary N) is 2. The minimum Gasteiger partial charge on any atom is -0.354 e. The normalized spacial score (nSPS) is 11.6. The second-order valence-corrected chi connectivity index (χ2v) is 4.38. The average Bonchev–Trinajstić information content (AvgIpc) is 2.36. The van der Waals surface area contributed by atoms with E-state index in [0.717, 1.165) is 18.7 Å². The van der Waals surface area contributed by atoms with Crippen LogP contribution in [0.5, 0.6) is 6.01 Å². The Labute approximate surface area is 113 Å². The fourth-order valence-corrected chi connectivity index (χ4v) is 1.15. The fourth-order valence-electron chi connectivity index (χ4n) is 1.15. The van der Waals surface area contributed by atoms with Crippen molar-refractivity contribution in [1.29, 1.82) is 0 Å². The summed E-state index contributed by atoms with van der Waals surface area (Å²) in [4.78, 5) is 17.7. The van der Waals surface area contributed by atoms with E-state index in [1.165, 1.54) is 0 Å². The van der Waals surface area contributed by atoms with E-state index in [-0.39, 0.29) is 12.1 Å². The summed E-state index contributed by atoms with van der Waals surface area (Å²) < 4.78 is 0. The minimum absolute atomic E-state index is 0.179. The number of hydrogen-bond donors (Lipinski definition) is 2. The molecular weight excluding hydrogens is 244 g/mol. The van der Waals surface area contributed by atoms with Crippen LogP contribution in [0.15, 0.2) is 5.16 Å². The molecule has 0 saturated carbocycles. The smallest absolute Gasteiger partial charge is 0.352 e. The van der Waals surface area contributed by atoms with Gasteiger partial charge < -0.3 is 15.5 Å². The van der Waals surface area contributed by atoms with Gasteiger partial charge in [0, 0.05) is 12.6 Å². The van der Waals surface area contributed by atoms with Crippen molar-refractivity contribution in [2.45, 2.75) is 47.1 Å². The largest absolute Gasteiger partial charge is 0.354 e. The Hall–Kier alpha value is -1.92. The third-order valence-electron chi connectivity index (χ3n) is 2.25. The van der Waals surface area contributed by atoms with E-state index in [1.807, 2.05) is 20.8 Å². The number of aromatic nitrogens is 3. The van der Waals surface area contributed by atoms with Crippen molar-refractivity contribution < 1.29 is 4.84 Å². The first-order valence-electron chi connectivity index (χ1n) is 6.49. The molecule has 0 radical (unpaired) electrons. The molecule has 1 aromatic rings. The quantitative estimate of drug-likeness (QED) is 0.582. The maximum atomic E-state index is 5.16. The lowest BCUT2D eigenvalue weighted by atomic mass is 10.3. The van der Waals surface area contributed by atoms with Crippen LogP contribution in [-0.2, 0) is 0 Å². The standard InChI is InChI=1S/C12H22N6O/c1-6-9(5)14-11-15-10(13-7-2)16-12(17-11)19-18-8(3)4/h9H,6-7H2,1-5H3,(H2,13,14,15,16,17)/t9-/m1/s1. The lowest BCUT2D eigenvalue weighted by molar-refractivity contribution is 0.312. The summed E-state index contributed by atoms with van der Waals surface area (Å²) in [5, 5.41) is 10.1. The summed E-state index contributed by atoms with van der Waals surface area (Å²) in [7, 11) is 0. The van der Waals surface area contributed by atoms with Crippen LogP contribution in [0.25, 0.3) is 0 Å². The minimum atomic E-state index is 0.179. The fraction of sp³-hybridized carbons (Fsp3) is 0.667. The lowest BCUT2D eigenvalue weighted by Gasteiger charge is -2.12. The van der Waals surface area contributed by atoms with Crippen molar-refractivity contribution in [3.63, 3.8) is 0 Å². The molecule has 0 spiro atoms. The number of nitrogens with zero attached hydrogens (tertiary/aromatic N) is 4. The maximum absolute atomic E-state index is 5.16. The third kappa shape index (κ3) is 5.50. The van der Waals surface area contributed by atoms with Gasteiger partial charge in [0.2, 0.25) is 11.9 Å². The van der Waals surface area contributed by atoms with Gasteiger partial charge in [-0.05, 0) is 34.1 Å². The summed E-state index contributed by atoms with van der Waals surface area (Å²) in [6, 6.07) is 0.457. The van der Waals surface area contributed by atoms with Gasteiger partial charge in [0.1, 0.15) is 0 Å². The van der Waals surface area contributed by atoms with E-state index >= 15 is 0 Å². The highest BCUT2D eigenvalue weighted by Crippen LogP contribution is 2.12. The van der Waals surface area contributed by atoms with Gasteiger partial charge in [-0.3, -0.25) is 0 Å². The topological polar surface area (TPSA) is 84.3 Å². The number of anilines is 2. The summed E-state index contributed by atoms with van der Waals surface area (Å²) in [5.41, 5.74) is 0.793. The Bertz CT molecular complexity index is 430. The summed E-state index contributed by atoms with van der Waals surface area (Å²) in [6.07, 6.45) is 0.977. The van der Waals surface area contributed by atoms with Crippen molar-refractivity contribution in [2.24, 2.45) is 5.16 Å².